The summed E-state index contributed by atoms with van der Waals surface area (Å²) in [6.07, 6.45) is 9.60. The first-order valence-corrected chi connectivity index (χ1v) is 9.54. The number of nitrogens with zero attached hydrogens (tertiary/aromatic N) is 1. The maximum atomic E-state index is 14.1. The maximum Gasteiger partial charge on any atom is 0.130 e. The fraction of sp³-hybridized carbons (Fsp3) is 0.391. The highest BCUT2D eigenvalue weighted by molar-refractivity contribution is 5.85. The first-order valence-electron chi connectivity index (χ1n) is 9.54. The minimum Gasteiger partial charge on any atom is -0.290 e. The molecule has 0 amide bonds. The Morgan fingerprint density at radius 2 is 1.54 bits per heavy atom. The summed E-state index contributed by atoms with van der Waals surface area (Å²) in [6.45, 7) is 1.92. The Labute approximate surface area is 162 Å². The molecule has 0 aromatic heterocycles. The molecule has 1 heterocycles. The third-order valence-corrected chi connectivity index (χ3v) is 6.03. The van der Waals surface area contributed by atoms with Gasteiger partial charge in [-0.1, -0.05) is 73.9 Å². The van der Waals surface area contributed by atoms with E-state index < -0.39 is 0 Å². The highest BCUT2D eigenvalue weighted by Crippen LogP contribution is 2.43. The zero-order valence-corrected chi connectivity index (χ0v) is 16.0. The zero-order chi connectivity index (χ0) is 17.1. The van der Waals surface area contributed by atoms with Gasteiger partial charge >= 0.3 is 0 Å². The molecular weight excluding hydrogens is 345 g/mol. The monoisotopic (exact) mass is 371 g/mol. The van der Waals surface area contributed by atoms with E-state index in [0.717, 1.165) is 30.6 Å². The Morgan fingerprint density at radius 1 is 0.846 bits per heavy atom. The smallest absolute Gasteiger partial charge is 0.130 e. The van der Waals surface area contributed by atoms with Crippen LogP contribution in [0.5, 0.6) is 0 Å². The van der Waals surface area contributed by atoms with Crippen molar-refractivity contribution in [2.45, 2.75) is 44.1 Å². The molecule has 0 radical (unpaired) electrons. The first-order chi connectivity index (χ1) is 12.3. The van der Waals surface area contributed by atoms with Gasteiger partial charge in [0.2, 0.25) is 0 Å². The van der Waals surface area contributed by atoms with Gasteiger partial charge in [-0.15, -0.1) is 12.4 Å². The molecule has 4 rings (SSSR count). The lowest BCUT2D eigenvalue weighted by Crippen LogP contribution is -2.49. The Bertz CT molecular complexity index is 750. The van der Waals surface area contributed by atoms with Crippen molar-refractivity contribution in [3.8, 4) is 0 Å². The topological polar surface area (TPSA) is 3.24 Å². The van der Waals surface area contributed by atoms with Gasteiger partial charge in [-0.25, -0.2) is 4.39 Å². The first kappa shape index (κ1) is 19.1. The molecule has 0 spiro atoms. The molecule has 0 bridgehead atoms. The summed E-state index contributed by atoms with van der Waals surface area (Å²) in [5, 5.41) is 0. The highest BCUT2D eigenvalue weighted by Gasteiger charge is 2.39. The lowest BCUT2D eigenvalue weighted by atomic mass is 9.74. The van der Waals surface area contributed by atoms with E-state index in [2.05, 4.69) is 41.3 Å². The molecule has 0 saturated heterocycles. The average Bonchev–Trinajstić information content (AvgIpc) is 2.70. The summed E-state index contributed by atoms with van der Waals surface area (Å²) < 4.78 is 14.1. The van der Waals surface area contributed by atoms with Crippen LogP contribution in [-0.2, 0) is 5.54 Å². The van der Waals surface area contributed by atoms with Crippen molar-refractivity contribution in [3.05, 3.63) is 77.6 Å². The standard InChI is InChI=1S/C23H26FN.ClH/c24-22-12-6-5-11-21(22)19-13-17-25(18-14-19)23(15-7-2-8-16-23)20-9-3-1-4-10-20;/h1,3-6,9-13H,2,7-8,14-18H2;1H. The lowest BCUT2D eigenvalue weighted by molar-refractivity contribution is 0.0569. The molecule has 2 aliphatic rings. The second-order valence-electron chi connectivity index (χ2n) is 7.36. The third-order valence-electron chi connectivity index (χ3n) is 6.03. The lowest BCUT2D eigenvalue weighted by Gasteiger charge is -2.48. The highest BCUT2D eigenvalue weighted by atomic mass is 35.5. The summed E-state index contributed by atoms with van der Waals surface area (Å²) in [5.74, 6) is -0.0994. The Hall–Kier alpha value is -1.64. The summed E-state index contributed by atoms with van der Waals surface area (Å²) in [5.41, 5.74) is 3.56. The van der Waals surface area contributed by atoms with Crippen LogP contribution in [0.3, 0.4) is 0 Å². The van der Waals surface area contributed by atoms with Gasteiger partial charge in [0.05, 0.1) is 0 Å². The van der Waals surface area contributed by atoms with Gasteiger partial charge in [-0.3, -0.25) is 4.90 Å². The average molecular weight is 372 g/mol. The summed E-state index contributed by atoms with van der Waals surface area (Å²) in [6, 6.07) is 18.2. The predicted molar refractivity (Wildman–Crippen MR) is 109 cm³/mol. The van der Waals surface area contributed by atoms with Crippen LogP contribution in [0.2, 0.25) is 0 Å². The normalized spacial score (nSPS) is 20.1. The fourth-order valence-corrected chi connectivity index (χ4v) is 4.70. The molecule has 2 aromatic carbocycles. The van der Waals surface area contributed by atoms with Crippen LogP contribution in [0.15, 0.2) is 60.7 Å². The van der Waals surface area contributed by atoms with Crippen molar-refractivity contribution >= 4 is 18.0 Å². The number of benzene rings is 2. The number of hydrogen-bond donors (Lipinski definition) is 0. The van der Waals surface area contributed by atoms with Crippen molar-refractivity contribution in [2.75, 3.05) is 13.1 Å². The minimum atomic E-state index is -0.0994. The zero-order valence-electron chi connectivity index (χ0n) is 15.2. The van der Waals surface area contributed by atoms with E-state index in [1.807, 2.05) is 12.1 Å². The second-order valence-corrected chi connectivity index (χ2v) is 7.36. The van der Waals surface area contributed by atoms with Crippen LogP contribution in [-0.4, -0.2) is 18.0 Å². The van der Waals surface area contributed by atoms with Crippen LogP contribution >= 0.6 is 12.4 Å². The Kier molecular flexibility index (Phi) is 6.16. The molecule has 3 heteroatoms. The van der Waals surface area contributed by atoms with E-state index in [4.69, 9.17) is 0 Å². The molecule has 0 atom stereocenters. The Balaban J connectivity index is 0.00000196. The third kappa shape index (κ3) is 3.58. The van der Waals surface area contributed by atoms with Gasteiger partial charge in [0.25, 0.3) is 0 Å². The van der Waals surface area contributed by atoms with Crippen LogP contribution in [0.25, 0.3) is 5.57 Å². The molecule has 26 heavy (non-hydrogen) atoms. The van der Waals surface area contributed by atoms with Crippen molar-refractivity contribution < 1.29 is 4.39 Å². The van der Waals surface area contributed by atoms with Crippen molar-refractivity contribution in [1.29, 1.82) is 0 Å². The number of rotatable bonds is 3. The minimum absolute atomic E-state index is 0. The molecule has 1 fully saturated rings. The van der Waals surface area contributed by atoms with E-state index in [9.17, 15) is 4.39 Å². The van der Waals surface area contributed by atoms with Crippen molar-refractivity contribution in [2.24, 2.45) is 0 Å². The van der Waals surface area contributed by atoms with E-state index in [0.29, 0.717) is 0 Å². The second kappa shape index (κ2) is 8.37. The maximum absolute atomic E-state index is 14.1. The van der Waals surface area contributed by atoms with Gasteiger partial charge in [-0.05, 0) is 36.5 Å². The van der Waals surface area contributed by atoms with E-state index in [1.54, 1.807) is 12.1 Å². The van der Waals surface area contributed by atoms with Gasteiger partial charge < -0.3 is 0 Å². The predicted octanol–water partition coefficient (Wildman–Crippen LogP) is 6.20. The molecule has 138 valence electrons. The summed E-state index contributed by atoms with van der Waals surface area (Å²) >= 11 is 0. The van der Waals surface area contributed by atoms with E-state index >= 15 is 0 Å². The molecule has 0 unspecified atom stereocenters. The van der Waals surface area contributed by atoms with Gasteiger partial charge in [0.1, 0.15) is 5.82 Å². The van der Waals surface area contributed by atoms with Gasteiger partial charge in [-0.2, -0.15) is 0 Å². The van der Waals surface area contributed by atoms with Crippen LogP contribution in [0.4, 0.5) is 4.39 Å². The van der Waals surface area contributed by atoms with Crippen LogP contribution in [0.1, 0.15) is 49.7 Å². The van der Waals surface area contributed by atoms with E-state index in [1.165, 1.54) is 37.7 Å². The molecule has 2 aromatic rings. The van der Waals surface area contributed by atoms with Crippen molar-refractivity contribution in [3.63, 3.8) is 0 Å². The quantitative estimate of drug-likeness (QED) is 0.621. The number of halogens is 2. The SMILES string of the molecule is Cl.Fc1ccccc1C1=CCN(C2(c3ccccc3)CCCCC2)CC1. The fourth-order valence-electron chi connectivity index (χ4n) is 4.70. The largest absolute Gasteiger partial charge is 0.290 e. The van der Waals surface area contributed by atoms with Gasteiger partial charge in [0.15, 0.2) is 0 Å². The Morgan fingerprint density at radius 3 is 2.19 bits per heavy atom. The molecule has 0 N–H and O–H groups in total. The van der Waals surface area contributed by atoms with Gasteiger partial charge in [0, 0.05) is 24.2 Å². The summed E-state index contributed by atoms with van der Waals surface area (Å²) in [7, 11) is 0. The molecule has 1 aliphatic heterocycles. The van der Waals surface area contributed by atoms with E-state index in [-0.39, 0.29) is 23.8 Å². The van der Waals surface area contributed by atoms with Crippen LogP contribution in [0, 0.1) is 5.82 Å². The number of hydrogen-bond acceptors (Lipinski definition) is 1. The molecule has 1 saturated carbocycles. The molecule has 1 aliphatic carbocycles. The summed E-state index contributed by atoms with van der Waals surface area (Å²) in [4.78, 5) is 2.64. The molecule has 1 nitrogen and oxygen atoms in total. The molecular formula is C23H27ClFN. The van der Waals surface area contributed by atoms with Crippen LogP contribution < -0.4 is 0 Å². The van der Waals surface area contributed by atoms with Crippen molar-refractivity contribution in [1.82, 2.24) is 4.90 Å².